The summed E-state index contributed by atoms with van der Waals surface area (Å²) in [5, 5.41) is 0.665. The van der Waals surface area contributed by atoms with E-state index in [2.05, 4.69) is 15.9 Å². The first-order valence-corrected chi connectivity index (χ1v) is 7.05. The molecule has 1 aromatic rings. The second kappa shape index (κ2) is 5.87. The van der Waals surface area contributed by atoms with Crippen molar-refractivity contribution in [3.05, 3.63) is 33.3 Å². The highest BCUT2D eigenvalue weighted by Crippen LogP contribution is 2.22. The number of amides is 1. The molecule has 0 radical (unpaired) electrons. The average molecular weight is 317 g/mol. The quantitative estimate of drug-likeness (QED) is 0.815. The highest BCUT2D eigenvalue weighted by Gasteiger charge is 2.17. The molecule has 0 spiro atoms. The monoisotopic (exact) mass is 315 g/mol. The van der Waals surface area contributed by atoms with Gasteiger partial charge in [0.15, 0.2) is 0 Å². The molecule has 1 aromatic carbocycles. The van der Waals surface area contributed by atoms with E-state index in [9.17, 15) is 4.79 Å². The fourth-order valence-corrected chi connectivity index (χ4v) is 2.69. The molecule has 1 saturated heterocycles. The average Bonchev–Trinajstić information content (AvgIpc) is 2.35. The number of hydrogen-bond acceptors (Lipinski definition) is 1. The van der Waals surface area contributed by atoms with Crippen molar-refractivity contribution in [3.63, 3.8) is 0 Å². The van der Waals surface area contributed by atoms with Gasteiger partial charge in [-0.1, -0.05) is 27.5 Å². The Labute approximate surface area is 115 Å². The molecule has 1 amide bonds. The van der Waals surface area contributed by atoms with Crippen LogP contribution in [-0.4, -0.2) is 23.9 Å². The van der Waals surface area contributed by atoms with Crippen molar-refractivity contribution < 1.29 is 4.79 Å². The maximum atomic E-state index is 12.1. The Morgan fingerprint density at radius 1 is 1.29 bits per heavy atom. The van der Waals surface area contributed by atoms with Gasteiger partial charge in [-0.25, -0.2) is 0 Å². The molecular formula is C13H15BrClNO. The van der Waals surface area contributed by atoms with Crippen LogP contribution in [0.4, 0.5) is 0 Å². The first-order valence-electron chi connectivity index (χ1n) is 5.88. The first-order chi connectivity index (χ1) is 8.16. The van der Waals surface area contributed by atoms with Crippen LogP contribution in [0.3, 0.4) is 0 Å². The molecule has 17 heavy (non-hydrogen) atoms. The number of piperidine rings is 1. The van der Waals surface area contributed by atoms with Gasteiger partial charge in [-0.2, -0.15) is 0 Å². The Hall–Kier alpha value is -0.540. The third kappa shape index (κ3) is 3.46. The maximum Gasteiger partial charge on any atom is 0.227 e. The minimum Gasteiger partial charge on any atom is -0.342 e. The minimum absolute atomic E-state index is 0.185. The van der Waals surface area contributed by atoms with E-state index in [1.165, 1.54) is 6.42 Å². The summed E-state index contributed by atoms with van der Waals surface area (Å²) in [5.41, 5.74) is 0.900. The highest BCUT2D eigenvalue weighted by atomic mass is 79.9. The molecule has 2 nitrogen and oxygen atoms in total. The predicted molar refractivity (Wildman–Crippen MR) is 73.3 cm³/mol. The van der Waals surface area contributed by atoms with Gasteiger partial charge in [0.1, 0.15) is 0 Å². The van der Waals surface area contributed by atoms with Crippen molar-refractivity contribution >= 4 is 33.4 Å². The van der Waals surface area contributed by atoms with Crippen molar-refractivity contribution in [1.82, 2.24) is 4.90 Å². The van der Waals surface area contributed by atoms with Gasteiger partial charge in [-0.05, 0) is 43.0 Å². The number of rotatable bonds is 2. The summed E-state index contributed by atoms with van der Waals surface area (Å²) < 4.78 is 0.961. The zero-order valence-corrected chi connectivity index (χ0v) is 11.9. The van der Waals surface area contributed by atoms with Crippen molar-refractivity contribution in [2.45, 2.75) is 25.7 Å². The molecule has 0 N–H and O–H groups in total. The predicted octanol–water partition coefficient (Wildman–Crippen LogP) is 3.66. The van der Waals surface area contributed by atoms with Crippen LogP contribution in [-0.2, 0) is 11.2 Å². The van der Waals surface area contributed by atoms with Crippen LogP contribution in [0.25, 0.3) is 0 Å². The normalized spacial score (nSPS) is 16.0. The number of likely N-dealkylation sites (tertiary alicyclic amines) is 1. The molecule has 4 heteroatoms. The largest absolute Gasteiger partial charge is 0.342 e. The summed E-state index contributed by atoms with van der Waals surface area (Å²) in [6.45, 7) is 1.79. The SMILES string of the molecule is O=C(Cc1cc(Br)ccc1Cl)N1CCCCC1. The lowest BCUT2D eigenvalue weighted by Crippen LogP contribution is -2.36. The summed E-state index contributed by atoms with van der Waals surface area (Å²) in [6, 6.07) is 5.63. The van der Waals surface area contributed by atoms with Crippen LogP contribution >= 0.6 is 27.5 Å². The van der Waals surface area contributed by atoms with Crippen molar-refractivity contribution in [2.75, 3.05) is 13.1 Å². The Bertz CT molecular complexity index is 416. The molecule has 1 fully saturated rings. The van der Waals surface area contributed by atoms with Crippen LogP contribution in [0.1, 0.15) is 24.8 Å². The standard InChI is InChI=1S/C13H15BrClNO/c14-11-4-5-12(15)10(8-11)9-13(17)16-6-2-1-3-7-16/h4-5,8H,1-3,6-7,9H2. The number of halogens is 2. The molecule has 0 saturated carbocycles. The lowest BCUT2D eigenvalue weighted by molar-refractivity contribution is -0.131. The molecule has 0 aromatic heterocycles. The third-order valence-electron chi connectivity index (χ3n) is 3.06. The number of benzene rings is 1. The molecule has 1 aliphatic rings. The van der Waals surface area contributed by atoms with Gasteiger partial charge in [-0.15, -0.1) is 0 Å². The molecule has 0 unspecified atom stereocenters. The number of hydrogen-bond donors (Lipinski definition) is 0. The Balaban J connectivity index is 2.04. The Morgan fingerprint density at radius 3 is 2.71 bits per heavy atom. The highest BCUT2D eigenvalue weighted by molar-refractivity contribution is 9.10. The van der Waals surface area contributed by atoms with Gasteiger partial charge in [0.05, 0.1) is 6.42 Å². The third-order valence-corrected chi connectivity index (χ3v) is 3.92. The minimum atomic E-state index is 0.185. The van der Waals surface area contributed by atoms with E-state index >= 15 is 0 Å². The lowest BCUT2D eigenvalue weighted by atomic mass is 10.1. The second-order valence-corrected chi connectivity index (χ2v) is 5.68. The zero-order chi connectivity index (χ0) is 12.3. The Morgan fingerprint density at radius 2 is 2.00 bits per heavy atom. The summed E-state index contributed by atoms with van der Waals surface area (Å²) in [7, 11) is 0. The van der Waals surface area contributed by atoms with E-state index in [1.54, 1.807) is 0 Å². The molecule has 0 bridgehead atoms. The molecule has 1 aliphatic heterocycles. The molecule has 0 atom stereocenters. The maximum absolute atomic E-state index is 12.1. The van der Waals surface area contributed by atoms with Crippen LogP contribution in [0.15, 0.2) is 22.7 Å². The molecule has 0 aliphatic carbocycles. The van der Waals surface area contributed by atoms with E-state index < -0.39 is 0 Å². The summed E-state index contributed by atoms with van der Waals surface area (Å²) in [5.74, 6) is 0.185. The van der Waals surface area contributed by atoms with Gasteiger partial charge in [0, 0.05) is 22.6 Å². The van der Waals surface area contributed by atoms with E-state index in [4.69, 9.17) is 11.6 Å². The number of nitrogens with zero attached hydrogens (tertiary/aromatic N) is 1. The summed E-state index contributed by atoms with van der Waals surface area (Å²) >= 11 is 9.49. The van der Waals surface area contributed by atoms with Crippen LogP contribution in [0.2, 0.25) is 5.02 Å². The smallest absolute Gasteiger partial charge is 0.227 e. The number of carbonyl (C=O) groups is 1. The van der Waals surface area contributed by atoms with Crippen molar-refractivity contribution in [3.8, 4) is 0 Å². The van der Waals surface area contributed by atoms with Gasteiger partial charge >= 0.3 is 0 Å². The first kappa shape index (κ1) is 12.9. The van der Waals surface area contributed by atoms with Crippen molar-refractivity contribution in [2.24, 2.45) is 0 Å². The van der Waals surface area contributed by atoms with Gasteiger partial charge in [0.2, 0.25) is 5.91 Å². The lowest BCUT2D eigenvalue weighted by Gasteiger charge is -2.26. The van der Waals surface area contributed by atoms with E-state index in [-0.39, 0.29) is 5.91 Å². The topological polar surface area (TPSA) is 20.3 Å². The van der Waals surface area contributed by atoms with E-state index in [0.717, 1.165) is 36.0 Å². The fourth-order valence-electron chi connectivity index (χ4n) is 2.10. The second-order valence-electron chi connectivity index (χ2n) is 4.35. The molecule has 2 rings (SSSR count). The van der Waals surface area contributed by atoms with Crippen LogP contribution < -0.4 is 0 Å². The van der Waals surface area contributed by atoms with Gasteiger partial charge < -0.3 is 4.90 Å². The molecule has 92 valence electrons. The fraction of sp³-hybridized carbons (Fsp3) is 0.462. The van der Waals surface area contributed by atoms with Crippen molar-refractivity contribution in [1.29, 1.82) is 0 Å². The van der Waals surface area contributed by atoms with Crippen LogP contribution in [0, 0.1) is 0 Å². The zero-order valence-electron chi connectivity index (χ0n) is 9.59. The summed E-state index contributed by atoms with van der Waals surface area (Å²) in [4.78, 5) is 14.0. The van der Waals surface area contributed by atoms with E-state index in [1.807, 2.05) is 23.1 Å². The molecular weight excluding hydrogens is 302 g/mol. The number of carbonyl (C=O) groups excluding carboxylic acids is 1. The van der Waals surface area contributed by atoms with E-state index in [0.29, 0.717) is 11.4 Å². The van der Waals surface area contributed by atoms with Gasteiger partial charge in [-0.3, -0.25) is 4.79 Å². The Kier molecular flexibility index (Phi) is 4.46. The van der Waals surface area contributed by atoms with Gasteiger partial charge in [0.25, 0.3) is 0 Å². The summed E-state index contributed by atoms with van der Waals surface area (Å²) in [6.07, 6.45) is 3.88. The molecule has 1 heterocycles. The van der Waals surface area contributed by atoms with Crippen LogP contribution in [0.5, 0.6) is 0 Å².